The first-order valence-electron chi connectivity index (χ1n) is 7.13. The van der Waals surface area contributed by atoms with Crippen molar-refractivity contribution in [2.75, 3.05) is 0 Å². The number of para-hydroxylation sites is 1. The van der Waals surface area contributed by atoms with E-state index in [1.54, 1.807) is 18.4 Å². The minimum Gasteiger partial charge on any atom is -0.487 e. The van der Waals surface area contributed by atoms with Crippen molar-refractivity contribution < 1.29 is 9.15 Å². The molecule has 0 bridgehead atoms. The van der Waals surface area contributed by atoms with Crippen LogP contribution in [0.5, 0.6) is 5.75 Å². The highest BCUT2D eigenvalue weighted by molar-refractivity contribution is 5.58. The van der Waals surface area contributed by atoms with Gasteiger partial charge in [0.25, 0.3) is 5.56 Å². The van der Waals surface area contributed by atoms with Gasteiger partial charge in [-0.3, -0.25) is 9.89 Å². The molecule has 23 heavy (non-hydrogen) atoms. The molecule has 1 aromatic carbocycles. The van der Waals surface area contributed by atoms with Gasteiger partial charge in [0.1, 0.15) is 18.1 Å². The minimum atomic E-state index is -0.195. The van der Waals surface area contributed by atoms with Crippen LogP contribution in [0, 0.1) is 0 Å². The van der Waals surface area contributed by atoms with Crippen molar-refractivity contribution in [3.05, 3.63) is 76.9 Å². The van der Waals surface area contributed by atoms with Crippen LogP contribution in [-0.2, 0) is 6.61 Å². The van der Waals surface area contributed by atoms with Crippen molar-refractivity contribution in [2.45, 2.75) is 6.61 Å². The van der Waals surface area contributed by atoms with Crippen molar-refractivity contribution in [3.63, 3.8) is 0 Å². The largest absolute Gasteiger partial charge is 0.487 e. The predicted octanol–water partition coefficient (Wildman–Crippen LogP) is 2.86. The molecule has 4 rings (SSSR count). The number of benzene rings is 1. The molecule has 6 nitrogen and oxygen atoms in total. The van der Waals surface area contributed by atoms with Gasteiger partial charge in [-0.05, 0) is 24.3 Å². The maximum atomic E-state index is 12.2. The zero-order valence-electron chi connectivity index (χ0n) is 12.1. The zero-order valence-corrected chi connectivity index (χ0v) is 12.1. The van der Waals surface area contributed by atoms with Crippen LogP contribution in [0.25, 0.3) is 17.1 Å². The number of rotatable bonds is 4. The molecule has 0 aliphatic heterocycles. The van der Waals surface area contributed by atoms with Crippen LogP contribution in [0.4, 0.5) is 0 Å². The van der Waals surface area contributed by atoms with Gasteiger partial charge < -0.3 is 9.15 Å². The first-order valence-corrected chi connectivity index (χ1v) is 7.13. The summed E-state index contributed by atoms with van der Waals surface area (Å²) in [5.74, 6) is 1.39. The molecule has 0 aliphatic carbocycles. The fourth-order valence-electron chi connectivity index (χ4n) is 2.35. The number of aromatic amines is 1. The van der Waals surface area contributed by atoms with E-state index < -0.39 is 0 Å². The van der Waals surface area contributed by atoms with E-state index >= 15 is 0 Å². The number of hydrogen-bond donors (Lipinski definition) is 1. The molecule has 0 spiro atoms. The zero-order chi connectivity index (χ0) is 15.6. The van der Waals surface area contributed by atoms with Crippen molar-refractivity contribution in [1.82, 2.24) is 14.6 Å². The van der Waals surface area contributed by atoms with Crippen molar-refractivity contribution in [2.24, 2.45) is 0 Å². The van der Waals surface area contributed by atoms with Gasteiger partial charge in [-0.2, -0.15) is 0 Å². The van der Waals surface area contributed by atoms with E-state index in [-0.39, 0.29) is 12.2 Å². The Bertz CT molecular complexity index is 985. The SMILES string of the molecule is O=c1cc(COc2ccccc2)nc2cc(-c3ccco3)[nH]n12. The standard InChI is InChI=1S/C17H13N3O3/c21-17-9-12(11-23-13-5-2-1-3-6-13)18-16-10-14(19-20(16)17)15-7-4-8-22-15/h1-10,19H,11H2. The van der Waals surface area contributed by atoms with Crippen LogP contribution in [0.15, 0.2) is 70.1 Å². The summed E-state index contributed by atoms with van der Waals surface area (Å²) in [5, 5.41) is 2.97. The highest BCUT2D eigenvalue weighted by atomic mass is 16.5. The third-order valence-electron chi connectivity index (χ3n) is 3.42. The fraction of sp³-hybridized carbons (Fsp3) is 0.0588. The lowest BCUT2D eigenvalue weighted by Crippen LogP contribution is -2.16. The molecule has 0 aliphatic rings. The Labute approximate surface area is 131 Å². The van der Waals surface area contributed by atoms with E-state index in [0.29, 0.717) is 22.8 Å². The summed E-state index contributed by atoms with van der Waals surface area (Å²) in [6, 6.07) is 16.2. The number of ether oxygens (including phenoxy) is 1. The molecule has 4 aromatic rings. The first-order chi connectivity index (χ1) is 11.3. The fourth-order valence-corrected chi connectivity index (χ4v) is 2.35. The lowest BCUT2D eigenvalue weighted by molar-refractivity contribution is 0.301. The van der Waals surface area contributed by atoms with Crippen LogP contribution in [0.1, 0.15) is 5.69 Å². The number of fused-ring (bicyclic) bond motifs is 1. The Balaban J connectivity index is 1.65. The Morgan fingerprint density at radius 3 is 2.78 bits per heavy atom. The van der Waals surface area contributed by atoms with E-state index in [1.165, 1.54) is 10.6 Å². The highest BCUT2D eigenvalue weighted by Crippen LogP contribution is 2.18. The minimum absolute atomic E-state index is 0.195. The average Bonchev–Trinajstić information content (AvgIpc) is 3.23. The van der Waals surface area contributed by atoms with E-state index in [4.69, 9.17) is 9.15 Å². The Morgan fingerprint density at radius 2 is 2.00 bits per heavy atom. The van der Waals surface area contributed by atoms with Gasteiger partial charge in [0, 0.05) is 12.1 Å². The topological polar surface area (TPSA) is 72.5 Å². The van der Waals surface area contributed by atoms with Crippen molar-refractivity contribution in [3.8, 4) is 17.2 Å². The van der Waals surface area contributed by atoms with Crippen LogP contribution in [0.2, 0.25) is 0 Å². The van der Waals surface area contributed by atoms with E-state index in [9.17, 15) is 4.79 Å². The third kappa shape index (κ3) is 2.62. The van der Waals surface area contributed by atoms with Gasteiger partial charge in [0.05, 0.1) is 12.0 Å². The summed E-state index contributed by atoms with van der Waals surface area (Å²) >= 11 is 0. The smallest absolute Gasteiger partial charge is 0.273 e. The molecule has 1 N–H and O–H groups in total. The molecule has 0 fully saturated rings. The number of furan rings is 1. The summed E-state index contributed by atoms with van der Waals surface area (Å²) in [4.78, 5) is 16.6. The van der Waals surface area contributed by atoms with Crippen LogP contribution >= 0.6 is 0 Å². The average molecular weight is 307 g/mol. The Morgan fingerprint density at radius 1 is 1.13 bits per heavy atom. The van der Waals surface area contributed by atoms with Crippen LogP contribution < -0.4 is 10.3 Å². The summed E-state index contributed by atoms with van der Waals surface area (Å²) in [6.07, 6.45) is 1.58. The second-order valence-electron chi connectivity index (χ2n) is 5.03. The van der Waals surface area contributed by atoms with Gasteiger partial charge in [-0.1, -0.05) is 18.2 Å². The van der Waals surface area contributed by atoms with Gasteiger partial charge in [0.15, 0.2) is 11.4 Å². The normalized spacial score (nSPS) is 11.0. The molecular formula is C17H13N3O3. The molecule has 114 valence electrons. The number of nitrogens with one attached hydrogen (secondary N) is 1. The predicted molar refractivity (Wildman–Crippen MR) is 84.3 cm³/mol. The summed E-state index contributed by atoms with van der Waals surface area (Å²) < 4.78 is 12.3. The second kappa shape index (κ2) is 5.49. The molecule has 0 amide bonds. The lowest BCUT2D eigenvalue weighted by atomic mass is 10.3. The highest BCUT2D eigenvalue weighted by Gasteiger charge is 2.09. The molecule has 0 saturated carbocycles. The summed E-state index contributed by atoms with van der Waals surface area (Å²) in [7, 11) is 0. The monoisotopic (exact) mass is 307 g/mol. The molecule has 0 radical (unpaired) electrons. The first kappa shape index (κ1) is 13.4. The molecule has 0 saturated heterocycles. The van der Waals surface area contributed by atoms with E-state index in [0.717, 1.165) is 5.75 Å². The Kier molecular flexibility index (Phi) is 3.20. The quantitative estimate of drug-likeness (QED) is 0.629. The number of nitrogens with zero attached hydrogens (tertiary/aromatic N) is 2. The number of hydrogen-bond acceptors (Lipinski definition) is 4. The van der Waals surface area contributed by atoms with E-state index in [2.05, 4.69) is 10.1 Å². The summed E-state index contributed by atoms with van der Waals surface area (Å²) in [6.45, 7) is 0.233. The van der Waals surface area contributed by atoms with Gasteiger partial charge in [-0.15, -0.1) is 0 Å². The van der Waals surface area contributed by atoms with Gasteiger partial charge in [0.2, 0.25) is 0 Å². The van der Waals surface area contributed by atoms with Crippen molar-refractivity contribution in [1.29, 1.82) is 0 Å². The Hall–Kier alpha value is -3.28. The van der Waals surface area contributed by atoms with Crippen LogP contribution in [0.3, 0.4) is 0 Å². The van der Waals surface area contributed by atoms with E-state index in [1.807, 2.05) is 36.4 Å². The van der Waals surface area contributed by atoms with Crippen molar-refractivity contribution >= 4 is 5.65 Å². The molecule has 3 heterocycles. The van der Waals surface area contributed by atoms with Crippen LogP contribution in [-0.4, -0.2) is 14.6 Å². The van der Waals surface area contributed by atoms with Gasteiger partial charge >= 0.3 is 0 Å². The maximum absolute atomic E-state index is 12.2. The maximum Gasteiger partial charge on any atom is 0.273 e. The van der Waals surface area contributed by atoms with Gasteiger partial charge in [-0.25, -0.2) is 9.50 Å². The summed E-state index contributed by atoms with van der Waals surface area (Å²) in [5.41, 5.74) is 1.60. The lowest BCUT2D eigenvalue weighted by Gasteiger charge is -2.05. The molecule has 3 aromatic heterocycles. The third-order valence-corrected chi connectivity index (χ3v) is 3.42. The molecule has 0 atom stereocenters. The second-order valence-corrected chi connectivity index (χ2v) is 5.03. The molecular weight excluding hydrogens is 294 g/mol. The number of H-pyrrole nitrogens is 1. The molecule has 0 unspecified atom stereocenters. The number of aromatic nitrogens is 3. The molecule has 6 heteroatoms.